The van der Waals surface area contributed by atoms with Crippen molar-refractivity contribution >= 4 is 17.7 Å². The van der Waals surface area contributed by atoms with Gasteiger partial charge in [-0.2, -0.15) is 13.2 Å². The number of benzene rings is 3. The van der Waals surface area contributed by atoms with Gasteiger partial charge in [0.05, 0.1) is 10.6 Å². The summed E-state index contributed by atoms with van der Waals surface area (Å²) in [4.78, 5) is 20.8. The quantitative estimate of drug-likeness (QED) is 0.175. The Labute approximate surface area is 296 Å². The monoisotopic (exact) mass is 709 g/mol. The molecule has 266 valence electrons. The van der Waals surface area contributed by atoms with Crippen LogP contribution in [0.5, 0.6) is 0 Å². The Balaban J connectivity index is 1.39. The summed E-state index contributed by atoms with van der Waals surface area (Å²) in [7, 11) is 0. The molecule has 0 saturated carbocycles. The first-order valence-electron chi connectivity index (χ1n) is 17.1. The molecule has 5 rings (SSSR count). The van der Waals surface area contributed by atoms with Crippen molar-refractivity contribution in [3.05, 3.63) is 130 Å². The Hall–Kier alpha value is -3.89. The maximum Gasteiger partial charge on any atom is 0.416 e. The highest BCUT2D eigenvalue weighted by Crippen LogP contribution is 2.38. The second kappa shape index (κ2) is 16.4. The van der Waals surface area contributed by atoms with Gasteiger partial charge in [-0.1, -0.05) is 75.4 Å². The second-order valence-corrected chi connectivity index (χ2v) is 13.9. The number of alkyl halides is 3. The number of hydrogen-bond acceptors (Lipinski definition) is 4. The Morgan fingerprint density at radius 3 is 2.20 bits per heavy atom. The fourth-order valence-electron chi connectivity index (χ4n) is 6.64. The van der Waals surface area contributed by atoms with Crippen LogP contribution in [0.4, 0.5) is 22.0 Å². The van der Waals surface area contributed by atoms with E-state index in [-0.39, 0.29) is 29.8 Å². The van der Waals surface area contributed by atoms with Gasteiger partial charge < -0.3 is 14.7 Å². The SMILES string of the molecule is C=C1C=C(SCc2cccc(F)c2F)N(CC(=O)N(Cc2ccc(-c3ccc(C(F)(F)F)cc3)cc2)C2CCN(CC)CC2)C(C)=C1CCC. The van der Waals surface area contributed by atoms with E-state index in [1.807, 2.05) is 47.1 Å². The number of amides is 1. The maximum atomic E-state index is 14.6. The largest absolute Gasteiger partial charge is 0.416 e. The van der Waals surface area contributed by atoms with Gasteiger partial charge in [0.2, 0.25) is 5.91 Å². The van der Waals surface area contributed by atoms with Crippen molar-refractivity contribution in [1.29, 1.82) is 0 Å². The molecule has 3 aromatic rings. The van der Waals surface area contributed by atoms with E-state index in [4.69, 9.17) is 0 Å². The van der Waals surface area contributed by atoms with Gasteiger partial charge in [0.1, 0.15) is 6.54 Å². The fraction of sp³-hybridized carbons (Fsp3) is 0.375. The van der Waals surface area contributed by atoms with E-state index in [0.717, 1.165) is 96.5 Å². The molecule has 2 aliphatic heterocycles. The van der Waals surface area contributed by atoms with Gasteiger partial charge >= 0.3 is 6.18 Å². The molecular weight excluding hydrogens is 666 g/mol. The van der Waals surface area contributed by atoms with Crippen LogP contribution in [-0.2, 0) is 23.3 Å². The van der Waals surface area contributed by atoms with Gasteiger partial charge in [0.25, 0.3) is 0 Å². The minimum atomic E-state index is -4.39. The average Bonchev–Trinajstić information content (AvgIpc) is 3.11. The van der Waals surface area contributed by atoms with Crippen LogP contribution in [0.3, 0.4) is 0 Å². The van der Waals surface area contributed by atoms with Crippen LogP contribution >= 0.6 is 11.8 Å². The number of thioether (sulfide) groups is 1. The van der Waals surface area contributed by atoms with Crippen molar-refractivity contribution in [3.8, 4) is 11.1 Å². The number of nitrogens with zero attached hydrogens (tertiary/aromatic N) is 3. The molecule has 0 N–H and O–H groups in total. The van der Waals surface area contributed by atoms with Crippen LogP contribution in [0.1, 0.15) is 63.1 Å². The molecule has 2 aliphatic rings. The lowest BCUT2D eigenvalue weighted by molar-refractivity contribution is -0.137. The number of allylic oxidation sites excluding steroid dienone is 4. The number of piperidine rings is 1. The highest BCUT2D eigenvalue weighted by molar-refractivity contribution is 8.02. The summed E-state index contributed by atoms with van der Waals surface area (Å²) in [6, 6.07) is 16.9. The number of rotatable bonds is 12. The number of halogens is 5. The van der Waals surface area contributed by atoms with E-state index in [0.29, 0.717) is 12.1 Å². The summed E-state index contributed by atoms with van der Waals surface area (Å²) in [5, 5.41) is 0.756. The Morgan fingerprint density at radius 2 is 1.60 bits per heavy atom. The lowest BCUT2D eigenvalue weighted by Gasteiger charge is -2.40. The molecule has 0 aliphatic carbocycles. The van der Waals surface area contributed by atoms with Gasteiger partial charge in [-0.3, -0.25) is 4.79 Å². The normalized spacial score (nSPS) is 16.2. The minimum absolute atomic E-state index is 0.0283. The van der Waals surface area contributed by atoms with Gasteiger partial charge in [0, 0.05) is 42.7 Å². The van der Waals surface area contributed by atoms with Gasteiger partial charge in [0.15, 0.2) is 11.6 Å². The summed E-state index contributed by atoms with van der Waals surface area (Å²) in [6.45, 7) is 13.7. The topological polar surface area (TPSA) is 26.8 Å². The lowest BCUT2D eigenvalue weighted by atomic mass is 9.97. The third-order valence-corrected chi connectivity index (χ3v) is 10.7. The molecule has 0 atom stereocenters. The van der Waals surface area contributed by atoms with E-state index >= 15 is 0 Å². The van der Waals surface area contributed by atoms with Crippen molar-refractivity contribution in [1.82, 2.24) is 14.7 Å². The second-order valence-electron chi connectivity index (χ2n) is 12.9. The predicted octanol–water partition coefficient (Wildman–Crippen LogP) is 10.2. The first-order valence-corrected chi connectivity index (χ1v) is 18.1. The number of carbonyl (C=O) groups is 1. The first kappa shape index (κ1) is 37.4. The molecule has 0 radical (unpaired) electrons. The fourth-order valence-corrected chi connectivity index (χ4v) is 7.75. The zero-order valence-electron chi connectivity index (χ0n) is 28.8. The minimum Gasteiger partial charge on any atom is -0.334 e. The average molecular weight is 710 g/mol. The van der Waals surface area contributed by atoms with Gasteiger partial charge in [-0.15, -0.1) is 11.8 Å². The smallest absolute Gasteiger partial charge is 0.334 e. The van der Waals surface area contributed by atoms with Crippen molar-refractivity contribution in [3.63, 3.8) is 0 Å². The molecule has 0 bridgehead atoms. The zero-order chi connectivity index (χ0) is 36.0. The highest BCUT2D eigenvalue weighted by Gasteiger charge is 2.32. The standard InChI is InChI=1S/C40H44F5N3OS/c1-5-8-35-27(3)23-38(50-26-32-9-7-10-36(41)39(32)42)47(28(35)4)25-37(49)48(34-19-21-46(6-2)22-20-34)24-29-11-13-30(14-12-29)31-15-17-33(18-16-31)40(43,44)45/h7,9-18,23,34H,3,5-6,8,19-22,24-26H2,1-2,4H3. The van der Waals surface area contributed by atoms with Crippen LogP contribution < -0.4 is 0 Å². The molecule has 0 aromatic heterocycles. The molecule has 1 amide bonds. The van der Waals surface area contributed by atoms with Crippen LogP contribution in [0.15, 0.2) is 101 Å². The number of likely N-dealkylation sites (tertiary alicyclic amines) is 1. The van der Waals surface area contributed by atoms with E-state index < -0.39 is 23.4 Å². The lowest BCUT2D eigenvalue weighted by Crippen LogP contribution is -2.49. The van der Waals surface area contributed by atoms with Crippen LogP contribution in [0.25, 0.3) is 11.1 Å². The van der Waals surface area contributed by atoms with Crippen molar-refractivity contribution < 1.29 is 26.7 Å². The molecule has 3 aromatic carbocycles. The molecule has 4 nitrogen and oxygen atoms in total. The Kier molecular flexibility index (Phi) is 12.3. The molecule has 0 unspecified atom stereocenters. The zero-order valence-corrected chi connectivity index (χ0v) is 29.6. The van der Waals surface area contributed by atoms with Gasteiger partial charge in [-0.05, 0) is 84.8 Å². The molecule has 10 heteroatoms. The highest BCUT2D eigenvalue weighted by atomic mass is 32.2. The summed E-state index contributed by atoms with van der Waals surface area (Å²) < 4.78 is 67.8. The summed E-state index contributed by atoms with van der Waals surface area (Å²) >= 11 is 1.35. The molecule has 2 heterocycles. The number of carbonyl (C=O) groups excluding carboxylic acids is 1. The van der Waals surface area contributed by atoms with E-state index in [1.165, 1.54) is 30.0 Å². The Bertz CT molecular complexity index is 1730. The first-order chi connectivity index (χ1) is 23.9. The molecule has 0 spiro atoms. The predicted molar refractivity (Wildman–Crippen MR) is 192 cm³/mol. The van der Waals surface area contributed by atoms with E-state index in [2.05, 4.69) is 25.3 Å². The molecule has 50 heavy (non-hydrogen) atoms. The molecular formula is C40H44F5N3OS. The molecule has 1 fully saturated rings. The third kappa shape index (κ3) is 8.87. The van der Waals surface area contributed by atoms with E-state index in [9.17, 15) is 26.7 Å². The third-order valence-electron chi connectivity index (χ3n) is 9.61. The van der Waals surface area contributed by atoms with Crippen LogP contribution in [0.2, 0.25) is 0 Å². The van der Waals surface area contributed by atoms with Crippen molar-refractivity contribution in [2.75, 3.05) is 26.2 Å². The van der Waals surface area contributed by atoms with Gasteiger partial charge in [-0.25, -0.2) is 8.78 Å². The maximum absolute atomic E-state index is 14.6. The van der Waals surface area contributed by atoms with E-state index in [1.54, 1.807) is 6.07 Å². The summed E-state index contributed by atoms with van der Waals surface area (Å²) in [5.74, 6) is -1.62. The van der Waals surface area contributed by atoms with Crippen LogP contribution in [0, 0.1) is 11.6 Å². The summed E-state index contributed by atoms with van der Waals surface area (Å²) in [6.07, 6.45) is 0.930. The Morgan fingerprint density at radius 1 is 0.960 bits per heavy atom. The molecule has 1 saturated heterocycles. The summed E-state index contributed by atoms with van der Waals surface area (Å²) in [5.41, 5.74) is 4.80. The number of hydrogen-bond donors (Lipinski definition) is 0. The van der Waals surface area contributed by atoms with Crippen molar-refractivity contribution in [2.45, 2.75) is 71.0 Å². The van der Waals surface area contributed by atoms with Crippen LogP contribution in [-0.4, -0.2) is 52.8 Å². The van der Waals surface area contributed by atoms with Crippen molar-refractivity contribution in [2.24, 2.45) is 0 Å².